The number of hydrogen-bond acceptors (Lipinski definition) is 20. The number of amides is 3. The molecule has 2 aliphatic heterocycles. The summed E-state index contributed by atoms with van der Waals surface area (Å²) >= 11 is 3.83. The third-order valence-electron chi connectivity index (χ3n) is 14.0. The Kier molecular flexibility index (Phi) is 79.9. The summed E-state index contributed by atoms with van der Waals surface area (Å²) in [5.41, 5.74) is 24.7. The number of nitrogens with one attached hydrogen (secondary N) is 1. The highest BCUT2D eigenvalue weighted by Crippen LogP contribution is 2.46. The number of ketones is 1. The summed E-state index contributed by atoms with van der Waals surface area (Å²) in [6.45, 7) is 42.2. The van der Waals surface area contributed by atoms with Gasteiger partial charge in [-0.2, -0.15) is 12.6 Å². The maximum absolute atomic E-state index is 10.9. The molecule has 3 amide bonds. The van der Waals surface area contributed by atoms with Crippen molar-refractivity contribution in [2.45, 2.75) is 182 Å². The lowest BCUT2D eigenvalue weighted by molar-refractivity contribution is -0.137. The zero-order valence-corrected chi connectivity index (χ0v) is 75.8. The Morgan fingerprint density at radius 2 is 1.11 bits per heavy atom. The first-order valence-electron chi connectivity index (χ1n) is 37.8. The maximum atomic E-state index is 10.9. The van der Waals surface area contributed by atoms with Gasteiger partial charge in [-0.1, -0.05) is 167 Å². The summed E-state index contributed by atoms with van der Waals surface area (Å²) in [5, 5.41) is 46.3. The number of benzene rings is 2. The zero-order chi connectivity index (χ0) is 92.0. The minimum Gasteiger partial charge on any atom is -0.481 e. The second kappa shape index (κ2) is 83.1. The van der Waals surface area contributed by atoms with Gasteiger partial charge in [-0.15, -0.1) is 136 Å². The number of carbonyl (C=O) groups is 5. The number of carboxylic acids is 1. The highest BCUT2D eigenvalue weighted by molar-refractivity contribution is 7.80. The summed E-state index contributed by atoms with van der Waals surface area (Å²) < 4.78 is 14.6. The van der Waals surface area contributed by atoms with E-state index in [1.54, 1.807) is 80.0 Å². The molecule has 0 saturated carbocycles. The summed E-state index contributed by atoms with van der Waals surface area (Å²) in [5.74, 6) is 76.5. The number of terminal acetylenes is 1. The number of nitrogens with two attached hydrogens (primary N) is 2. The van der Waals surface area contributed by atoms with Crippen LogP contribution < -0.4 is 16.8 Å². The van der Waals surface area contributed by atoms with E-state index >= 15 is 0 Å². The Hall–Kier alpha value is -13.4. The summed E-state index contributed by atoms with van der Waals surface area (Å²) in [6.07, 6.45) is 14.9. The third-order valence-corrected chi connectivity index (χ3v) is 16.5. The fourth-order valence-corrected chi connectivity index (χ4v) is 10.7. The number of aliphatic carboxylic acids is 1. The van der Waals surface area contributed by atoms with Crippen LogP contribution in [-0.2, 0) is 46.2 Å². The Morgan fingerprint density at radius 1 is 0.636 bits per heavy atom. The van der Waals surface area contributed by atoms with E-state index in [0.717, 1.165) is 66.8 Å². The predicted molar refractivity (Wildman–Crippen MR) is 492 cm³/mol. The lowest BCUT2D eigenvalue weighted by Gasteiger charge is -2.23. The number of carbonyl (C=O) groups excluding carboxylic acids is 4. The fraction of sp³-hybridized carbons (Fsp3) is 0.421. The van der Waals surface area contributed by atoms with Gasteiger partial charge < -0.3 is 36.1 Å². The van der Waals surface area contributed by atoms with Crippen LogP contribution in [0.2, 0.25) is 19.6 Å². The number of hydrogen-bond donors (Lipinski definition) is 5. The molecule has 121 heavy (non-hydrogen) atoms. The number of alkyl carbamates (subject to hydrolysis) is 1. The number of Topliss-reactive ketones (excluding diaryl/α,β-unsaturated/α-hetero) is 1. The van der Waals surface area contributed by atoms with Crippen LogP contribution in [0.1, 0.15) is 160 Å². The number of carboxylic acid groups (broad SMARTS) is 1. The average molecular weight is 1670 g/mol. The molecule has 2 aliphatic carbocycles. The lowest BCUT2D eigenvalue weighted by atomic mass is 10.1. The predicted octanol–water partition coefficient (Wildman–Crippen LogP) is 13.5. The Balaban J connectivity index is -0.000000410. The van der Waals surface area contributed by atoms with Gasteiger partial charge in [-0.05, 0) is 134 Å². The van der Waals surface area contributed by atoms with E-state index in [0.29, 0.717) is 68.3 Å². The Morgan fingerprint density at radius 3 is 1.45 bits per heavy atom. The van der Waals surface area contributed by atoms with E-state index in [-0.39, 0.29) is 43.8 Å². The van der Waals surface area contributed by atoms with Gasteiger partial charge >= 0.3 is 12.1 Å². The van der Waals surface area contributed by atoms with E-state index in [1.807, 2.05) is 83.1 Å². The average Bonchev–Trinajstić information content (AvgIpc) is 1.61. The summed E-state index contributed by atoms with van der Waals surface area (Å²) in [7, 11) is -0.988. The van der Waals surface area contributed by atoms with E-state index in [4.69, 9.17) is 38.0 Å². The molecule has 2 unspecified atom stereocenters. The molecule has 0 spiro atoms. The van der Waals surface area contributed by atoms with Crippen LogP contribution in [-0.4, -0.2) is 154 Å². The first-order valence-corrected chi connectivity index (χ1v) is 41.9. The third kappa shape index (κ3) is 72.8. The molecule has 8 rings (SSSR count). The van der Waals surface area contributed by atoms with Crippen LogP contribution in [0.5, 0.6) is 0 Å². The monoisotopic (exact) mass is 1670 g/mol. The molecule has 4 aliphatic rings. The van der Waals surface area contributed by atoms with Crippen LogP contribution in [0.25, 0.3) is 33.2 Å². The first kappa shape index (κ1) is 116. The summed E-state index contributed by atoms with van der Waals surface area (Å²) in [4.78, 5) is 56.0. The number of nitrogens with zero attached hydrogens (tertiary/aromatic N) is 12. The largest absolute Gasteiger partial charge is 0.481 e. The van der Waals surface area contributed by atoms with Gasteiger partial charge in [0.25, 0.3) is 11.8 Å². The molecule has 24 nitrogen and oxygen atoms in total. The number of azide groups is 1. The van der Waals surface area contributed by atoms with Crippen LogP contribution >= 0.6 is 12.6 Å². The number of allylic oxidation sites excluding steroid dienone is 2. The van der Waals surface area contributed by atoms with Crippen molar-refractivity contribution in [2.24, 2.45) is 34.3 Å². The van der Waals surface area contributed by atoms with Gasteiger partial charge in [-0.25, -0.2) is 4.79 Å². The molecule has 2 atom stereocenters. The maximum Gasteiger partial charge on any atom is 0.407 e. The van der Waals surface area contributed by atoms with E-state index in [2.05, 4.69) is 266 Å². The number of imide groups is 1. The zero-order valence-electron chi connectivity index (χ0n) is 73.9. The smallest absolute Gasteiger partial charge is 0.407 e. The fourth-order valence-electron chi connectivity index (χ4n) is 7.89. The molecule has 26 heteroatoms. The lowest BCUT2D eigenvalue weighted by Crippen LogP contribution is -2.30. The molecule has 1 saturated heterocycles. The topological polar surface area (TPSA) is 352 Å². The van der Waals surface area contributed by atoms with Crippen LogP contribution in [0, 0.1) is 191 Å². The number of aryl methyl sites for hydroxylation is 1. The van der Waals surface area contributed by atoms with E-state index in [9.17, 15) is 24.0 Å². The normalized spacial score (nSPS) is 11.4. The number of thiol groups is 1. The minimum absolute atomic E-state index is 0.0451. The van der Waals surface area contributed by atoms with Crippen molar-refractivity contribution >= 4 is 50.4 Å². The molecular formula is C95H117N15O9SSi. The second-order valence-corrected chi connectivity index (χ2v) is 29.7. The van der Waals surface area contributed by atoms with Gasteiger partial charge in [0.1, 0.15) is 25.4 Å². The van der Waals surface area contributed by atoms with E-state index < -0.39 is 20.1 Å². The molecule has 2 aromatic heterocycles. The number of rotatable bonds is 16. The van der Waals surface area contributed by atoms with Gasteiger partial charge in [0.15, 0.2) is 12.2 Å². The molecule has 2 aromatic carbocycles. The van der Waals surface area contributed by atoms with Crippen LogP contribution in [0.3, 0.4) is 0 Å². The van der Waals surface area contributed by atoms with Crippen molar-refractivity contribution in [3.63, 3.8) is 0 Å². The molecule has 636 valence electrons. The highest BCUT2D eigenvalue weighted by atomic mass is 32.1. The molecule has 4 heterocycles. The van der Waals surface area contributed by atoms with Crippen molar-refractivity contribution in [1.82, 2.24) is 51.0 Å². The SMILES string of the molecule is C#CCC#CC.CC#CCC(=O)O.CC#CCC(C)=O.CC#CCC1C(C)=C1[Si](C)(C)C.CC#CCC1COC1.CC#CCN.CC#CCN1C(=O)C=CC1=O.CC#CCN=[N+]=[N-].CC#CCNC(=O)OCC1C=C1C.CC#CCOCN.CC#CCS.CC#CCc1ccc(-c2nnc(C)nn2)cc1.CC#CCc1ccc(-c2nncnn2)cc1. The van der Waals surface area contributed by atoms with Crippen LogP contribution in [0.15, 0.2) is 94.5 Å². The Labute approximate surface area is 728 Å². The van der Waals surface area contributed by atoms with Crippen molar-refractivity contribution in [3.05, 3.63) is 117 Å². The quantitative estimate of drug-likeness (QED) is 0.00664. The van der Waals surface area contributed by atoms with Crippen molar-refractivity contribution in [2.75, 3.05) is 65.1 Å². The Bertz CT molecular complexity index is 4740. The van der Waals surface area contributed by atoms with Crippen molar-refractivity contribution in [1.29, 1.82) is 0 Å². The molecule has 4 aromatic rings. The minimum atomic E-state index is -0.988. The van der Waals surface area contributed by atoms with Gasteiger partial charge in [0.2, 0.25) is 11.6 Å². The van der Waals surface area contributed by atoms with Gasteiger partial charge in [0, 0.05) is 71.6 Å². The molecular weight excluding hydrogens is 1560 g/mol. The van der Waals surface area contributed by atoms with E-state index in [1.165, 1.54) is 42.1 Å². The molecule has 6 N–H and O–H groups in total. The molecule has 0 bridgehead atoms. The van der Waals surface area contributed by atoms with Gasteiger partial charge in [0.05, 0.1) is 72.8 Å². The highest BCUT2D eigenvalue weighted by Gasteiger charge is 2.40. The van der Waals surface area contributed by atoms with Gasteiger partial charge in [-0.3, -0.25) is 24.1 Å². The molecule has 1 fully saturated rings. The summed E-state index contributed by atoms with van der Waals surface area (Å²) in [6, 6.07) is 15.9. The van der Waals surface area contributed by atoms with Crippen molar-refractivity contribution < 1.29 is 43.3 Å². The number of aromatic nitrogens is 8. The first-order chi connectivity index (χ1) is 58.2. The second-order valence-electron chi connectivity index (χ2n) is 24.3. The standard InChI is InChI=1S/C13H12N4.C12H10N4.C11H18Si.C10H13NO2.C8H7NO2.C7H10O.C6H8O.C6H6.C5H9NO.C5H6O2.C4H5N3.C4H7N.C4H6S/c1-3-4-5-11-6-8-12(9-7-11)13-16-14-10(2)15-17-13;1-2-3-4-10-5-7-11(8-6-10)12-15-13-9-14-16-12;1-6-7-8-10-9(2)11(10)12(3,4)5;1-3-4-5-11-10(12)13-7-9-6-8(9)2;1-2-3-6-9-7(10)4-5-8(9)11;1-2-3-4-7-5-8-6-7;1-3-4-5-6(2)7;1-3-5-6-4-2;1-2-3-4-7-5-6;1-2-3-4-5(6)7;1-2-3-4-6-7-5;2*1-2-3-4-5/h6-9H,5H2,1-2H3;5-9H,4H2,1H3;10H,8H2,1-5H3;6,9H,5,7H2,1-2H3,(H,11,12);4-5H,6H2,1H3;7H,4-6H2,1H3;5H2,1-2H3;1H,5H2,2H3;4-6H2,1H3;4H2,1H3,(H,6,7);4H2,1H3;4-5H2,1H3;5H,4H2,1H3. The van der Waals surface area contributed by atoms with Crippen LogP contribution in [0.4, 0.5) is 4.79 Å². The van der Waals surface area contributed by atoms with Crippen molar-refractivity contribution in [3.8, 4) is 189 Å². The number of ether oxygens (including phenoxy) is 3. The molecule has 0 radical (unpaired) electrons.